The fourth-order valence-corrected chi connectivity index (χ4v) is 3.06. The summed E-state index contributed by atoms with van der Waals surface area (Å²) >= 11 is 0. The molecule has 1 aromatic rings. The van der Waals surface area contributed by atoms with Crippen LogP contribution in [0.15, 0.2) is 18.2 Å². The van der Waals surface area contributed by atoms with Gasteiger partial charge in [0.05, 0.1) is 11.4 Å². The Morgan fingerprint density at radius 3 is 2.79 bits per heavy atom. The van der Waals surface area contributed by atoms with Crippen molar-refractivity contribution < 1.29 is 22.2 Å². The lowest BCUT2D eigenvalue weighted by atomic mass is 10.1. The molecule has 0 saturated carbocycles. The highest BCUT2D eigenvalue weighted by atomic mass is 32.3. The molecule has 0 radical (unpaired) electrons. The summed E-state index contributed by atoms with van der Waals surface area (Å²) in [4.78, 5) is 13.1. The number of aromatic hydroxyl groups is 1. The fraction of sp³-hybridized carbons (Fsp3) is 0.417. The van der Waals surface area contributed by atoms with E-state index in [2.05, 4.69) is 0 Å². The zero-order valence-electron chi connectivity index (χ0n) is 10.3. The maximum Gasteiger partial charge on any atom is 0.302 e. The number of carbonyl (C=O) groups is 1. The Hall–Kier alpha value is -1.63. The van der Waals surface area contributed by atoms with E-state index >= 15 is 0 Å². The maximum absolute atomic E-state index is 12.6. The van der Waals surface area contributed by atoms with E-state index in [1.165, 1.54) is 4.90 Å². The summed E-state index contributed by atoms with van der Waals surface area (Å²) in [6.07, 6.45) is -0.0312. The predicted octanol–water partition coefficient (Wildman–Crippen LogP) is 1.35. The first-order chi connectivity index (χ1) is 8.78. The lowest BCUT2D eigenvalue weighted by molar-refractivity contribution is -0.117. The van der Waals surface area contributed by atoms with Crippen LogP contribution < -0.4 is 4.90 Å². The lowest BCUT2D eigenvalue weighted by Gasteiger charge is -2.18. The number of hydrogen-bond donors (Lipinski definition) is 1. The van der Waals surface area contributed by atoms with Crippen molar-refractivity contribution >= 4 is 21.8 Å². The summed E-state index contributed by atoms with van der Waals surface area (Å²) in [5, 5.41) is 9.91. The van der Waals surface area contributed by atoms with Crippen LogP contribution in [0, 0.1) is 12.8 Å². The Morgan fingerprint density at radius 2 is 2.16 bits per heavy atom. The minimum atomic E-state index is -4.60. The smallest absolute Gasteiger partial charge is 0.302 e. The minimum Gasteiger partial charge on any atom is -0.505 e. The minimum absolute atomic E-state index is 0.0143. The normalized spacial score (nSPS) is 20.0. The molecule has 1 aliphatic rings. The molecular formula is C12H14FNO4S. The predicted molar refractivity (Wildman–Crippen MR) is 68.2 cm³/mol. The first-order valence-corrected chi connectivity index (χ1v) is 7.34. The molecule has 1 N–H and O–H groups in total. The van der Waals surface area contributed by atoms with E-state index in [1.807, 2.05) is 0 Å². The fourth-order valence-electron chi connectivity index (χ4n) is 2.27. The number of phenols is 1. The number of amides is 1. The van der Waals surface area contributed by atoms with Crippen molar-refractivity contribution in [2.24, 2.45) is 5.92 Å². The molecule has 0 bridgehead atoms. The summed E-state index contributed by atoms with van der Waals surface area (Å²) in [6, 6.07) is 4.96. The van der Waals surface area contributed by atoms with Gasteiger partial charge in [-0.05, 0) is 18.6 Å². The monoisotopic (exact) mass is 287 g/mol. The van der Waals surface area contributed by atoms with Crippen LogP contribution in [0.1, 0.15) is 12.0 Å². The summed E-state index contributed by atoms with van der Waals surface area (Å²) < 4.78 is 33.9. The number of nitrogens with zero attached hydrogens (tertiary/aromatic N) is 1. The molecule has 5 nitrogen and oxygen atoms in total. The average Bonchev–Trinajstić information content (AvgIpc) is 2.61. The van der Waals surface area contributed by atoms with Crippen molar-refractivity contribution in [1.29, 1.82) is 0 Å². The summed E-state index contributed by atoms with van der Waals surface area (Å²) in [6.45, 7) is 1.79. The topological polar surface area (TPSA) is 74.7 Å². The SMILES string of the molecule is Cc1cccc(N2CC(CS(=O)(=O)F)CC2=O)c1O. The first kappa shape index (κ1) is 13.8. The summed E-state index contributed by atoms with van der Waals surface area (Å²) in [7, 11) is -4.60. The average molecular weight is 287 g/mol. The van der Waals surface area contributed by atoms with Gasteiger partial charge in [0.2, 0.25) is 5.91 Å². The van der Waals surface area contributed by atoms with Gasteiger partial charge < -0.3 is 10.0 Å². The number of para-hydroxylation sites is 1. The quantitative estimate of drug-likeness (QED) is 0.852. The molecule has 2 rings (SSSR count). The Bertz CT molecular complexity index is 614. The molecule has 1 saturated heterocycles. The number of aryl methyl sites for hydroxylation is 1. The van der Waals surface area contributed by atoms with Gasteiger partial charge in [0, 0.05) is 18.9 Å². The van der Waals surface area contributed by atoms with E-state index in [1.54, 1.807) is 25.1 Å². The van der Waals surface area contributed by atoms with Crippen LogP contribution in [0.25, 0.3) is 0 Å². The largest absolute Gasteiger partial charge is 0.505 e. The third-order valence-electron chi connectivity index (χ3n) is 3.15. The van der Waals surface area contributed by atoms with Crippen LogP contribution in [0.3, 0.4) is 0 Å². The van der Waals surface area contributed by atoms with Crippen molar-refractivity contribution in [3.05, 3.63) is 23.8 Å². The molecule has 1 amide bonds. The van der Waals surface area contributed by atoms with Gasteiger partial charge in [-0.15, -0.1) is 3.89 Å². The van der Waals surface area contributed by atoms with Gasteiger partial charge in [-0.25, -0.2) is 0 Å². The Balaban J connectivity index is 2.23. The van der Waals surface area contributed by atoms with Crippen LogP contribution in [-0.4, -0.2) is 31.7 Å². The van der Waals surface area contributed by atoms with Crippen LogP contribution in [0.4, 0.5) is 9.57 Å². The molecule has 1 unspecified atom stereocenters. The van der Waals surface area contributed by atoms with Gasteiger partial charge in [0.15, 0.2) is 0 Å². The highest BCUT2D eigenvalue weighted by Crippen LogP contribution is 2.34. The van der Waals surface area contributed by atoms with E-state index in [9.17, 15) is 22.2 Å². The van der Waals surface area contributed by atoms with E-state index in [0.717, 1.165) is 0 Å². The number of carbonyl (C=O) groups excluding carboxylic acids is 1. The van der Waals surface area contributed by atoms with Crippen molar-refractivity contribution in [2.75, 3.05) is 17.2 Å². The molecule has 1 atom stereocenters. The molecule has 104 valence electrons. The third kappa shape index (κ3) is 3.04. The van der Waals surface area contributed by atoms with Gasteiger partial charge in [0.1, 0.15) is 5.75 Å². The molecular weight excluding hydrogens is 273 g/mol. The van der Waals surface area contributed by atoms with Crippen LogP contribution >= 0.6 is 0 Å². The Kier molecular flexibility index (Phi) is 3.49. The van der Waals surface area contributed by atoms with Crippen molar-refractivity contribution in [3.63, 3.8) is 0 Å². The number of hydrogen-bond acceptors (Lipinski definition) is 4. The van der Waals surface area contributed by atoms with Crippen LogP contribution in [-0.2, 0) is 15.0 Å². The van der Waals surface area contributed by atoms with Gasteiger partial charge in [-0.3, -0.25) is 4.79 Å². The van der Waals surface area contributed by atoms with Crippen molar-refractivity contribution in [1.82, 2.24) is 0 Å². The molecule has 1 aromatic carbocycles. The van der Waals surface area contributed by atoms with E-state index in [0.29, 0.717) is 11.3 Å². The Morgan fingerprint density at radius 1 is 1.47 bits per heavy atom. The van der Waals surface area contributed by atoms with E-state index in [4.69, 9.17) is 0 Å². The zero-order chi connectivity index (χ0) is 14.2. The van der Waals surface area contributed by atoms with Crippen LogP contribution in [0.2, 0.25) is 0 Å². The molecule has 0 aliphatic carbocycles. The van der Waals surface area contributed by atoms with Crippen molar-refractivity contribution in [2.45, 2.75) is 13.3 Å². The molecule has 1 fully saturated rings. The number of anilines is 1. The van der Waals surface area contributed by atoms with E-state index < -0.39 is 21.9 Å². The van der Waals surface area contributed by atoms with Crippen LogP contribution in [0.5, 0.6) is 5.75 Å². The van der Waals surface area contributed by atoms with Gasteiger partial charge >= 0.3 is 10.2 Å². The zero-order valence-corrected chi connectivity index (χ0v) is 11.2. The first-order valence-electron chi connectivity index (χ1n) is 5.79. The second-order valence-electron chi connectivity index (χ2n) is 4.72. The maximum atomic E-state index is 12.6. The molecule has 1 heterocycles. The van der Waals surface area contributed by atoms with Gasteiger partial charge in [0.25, 0.3) is 0 Å². The second-order valence-corrected chi connectivity index (χ2v) is 6.13. The number of rotatable bonds is 3. The second kappa shape index (κ2) is 4.80. The van der Waals surface area contributed by atoms with Gasteiger partial charge in [-0.1, -0.05) is 12.1 Å². The lowest BCUT2D eigenvalue weighted by Crippen LogP contribution is -2.25. The standard InChI is InChI=1S/C12H14FNO4S/c1-8-3-2-4-10(12(8)16)14-6-9(5-11(14)15)7-19(13,17)18/h2-4,9,16H,5-7H2,1H3. The van der Waals surface area contributed by atoms with E-state index in [-0.39, 0.29) is 24.6 Å². The Labute approximate surface area is 110 Å². The highest BCUT2D eigenvalue weighted by Gasteiger charge is 2.34. The summed E-state index contributed by atoms with van der Waals surface area (Å²) in [5.74, 6) is -1.57. The number of halogens is 1. The third-order valence-corrected chi connectivity index (χ3v) is 4.02. The number of phenolic OH excluding ortho intramolecular Hbond substituents is 1. The molecule has 19 heavy (non-hydrogen) atoms. The molecule has 0 spiro atoms. The molecule has 1 aliphatic heterocycles. The highest BCUT2D eigenvalue weighted by molar-refractivity contribution is 7.86. The van der Waals surface area contributed by atoms with Crippen molar-refractivity contribution in [3.8, 4) is 5.75 Å². The molecule has 7 heteroatoms. The summed E-state index contributed by atoms with van der Waals surface area (Å²) in [5.41, 5.74) is 0.954. The molecule has 0 aromatic heterocycles. The van der Waals surface area contributed by atoms with Gasteiger partial charge in [-0.2, -0.15) is 8.42 Å². The number of benzene rings is 1.